The minimum atomic E-state index is -0.480. The van der Waals surface area contributed by atoms with Crippen molar-refractivity contribution in [2.75, 3.05) is 11.1 Å². The number of anilines is 1. The van der Waals surface area contributed by atoms with Crippen molar-refractivity contribution in [3.63, 3.8) is 0 Å². The van der Waals surface area contributed by atoms with Crippen LogP contribution in [0.15, 0.2) is 58.5 Å². The molecule has 1 aromatic heterocycles. The van der Waals surface area contributed by atoms with Crippen LogP contribution >= 0.6 is 23.4 Å². The molecule has 0 aliphatic rings. The van der Waals surface area contributed by atoms with E-state index in [9.17, 15) is 14.0 Å². The first-order chi connectivity index (χ1) is 13.0. The van der Waals surface area contributed by atoms with Gasteiger partial charge in [-0.05, 0) is 30.2 Å². The molecule has 0 aliphatic carbocycles. The van der Waals surface area contributed by atoms with Gasteiger partial charge >= 0.3 is 5.69 Å². The number of aromatic nitrogens is 3. The van der Waals surface area contributed by atoms with E-state index in [1.54, 1.807) is 0 Å². The molecule has 1 amide bonds. The van der Waals surface area contributed by atoms with Crippen LogP contribution in [0, 0.1) is 5.82 Å². The Morgan fingerprint density at radius 2 is 2.04 bits per heavy atom. The Bertz CT molecular complexity index is 991. The summed E-state index contributed by atoms with van der Waals surface area (Å²) >= 11 is 7.03. The van der Waals surface area contributed by atoms with Crippen LogP contribution in [0.5, 0.6) is 0 Å². The standard InChI is InChI=1S/C18H16ClFN4O2S/c19-14-10-13(20)6-7-15(14)21-16(25)11-27-18-23-22-17(26)24(18)9-8-12-4-2-1-3-5-12/h1-7,10H,8-9,11H2,(H,21,25)(H,22,26). The van der Waals surface area contributed by atoms with Gasteiger partial charge in [-0.25, -0.2) is 14.3 Å². The molecular formula is C18H16ClFN4O2S. The van der Waals surface area contributed by atoms with Gasteiger partial charge < -0.3 is 5.32 Å². The number of hydrogen-bond acceptors (Lipinski definition) is 4. The molecule has 2 aromatic carbocycles. The van der Waals surface area contributed by atoms with Crippen molar-refractivity contribution in [2.45, 2.75) is 18.1 Å². The van der Waals surface area contributed by atoms with Crippen molar-refractivity contribution in [3.8, 4) is 0 Å². The van der Waals surface area contributed by atoms with Gasteiger partial charge in [0.25, 0.3) is 0 Å². The van der Waals surface area contributed by atoms with E-state index < -0.39 is 5.82 Å². The third-order valence-corrected chi connectivity index (χ3v) is 5.02. The second kappa shape index (κ2) is 8.88. The molecule has 0 saturated carbocycles. The molecule has 0 saturated heterocycles. The van der Waals surface area contributed by atoms with E-state index in [0.717, 1.165) is 23.4 Å². The van der Waals surface area contributed by atoms with Gasteiger partial charge in [0.2, 0.25) is 5.91 Å². The second-order valence-electron chi connectivity index (χ2n) is 5.66. The lowest BCUT2D eigenvalue weighted by molar-refractivity contribution is -0.113. The number of hydrogen-bond donors (Lipinski definition) is 2. The van der Waals surface area contributed by atoms with Crippen LogP contribution < -0.4 is 11.0 Å². The molecule has 0 aliphatic heterocycles. The molecule has 3 rings (SSSR count). The summed E-state index contributed by atoms with van der Waals surface area (Å²) in [6.07, 6.45) is 0.672. The van der Waals surface area contributed by atoms with E-state index in [1.807, 2.05) is 30.3 Å². The normalized spacial score (nSPS) is 10.7. The first-order valence-corrected chi connectivity index (χ1v) is 9.46. The topological polar surface area (TPSA) is 79.8 Å². The number of amides is 1. The van der Waals surface area contributed by atoms with Gasteiger partial charge in [-0.2, -0.15) is 0 Å². The minimum Gasteiger partial charge on any atom is -0.324 e. The minimum absolute atomic E-state index is 0.0311. The molecule has 2 N–H and O–H groups in total. The van der Waals surface area contributed by atoms with Crippen molar-refractivity contribution >= 4 is 35.0 Å². The Hall–Kier alpha value is -2.58. The lowest BCUT2D eigenvalue weighted by Crippen LogP contribution is -2.20. The van der Waals surface area contributed by atoms with E-state index in [1.165, 1.54) is 16.7 Å². The van der Waals surface area contributed by atoms with E-state index in [4.69, 9.17) is 11.6 Å². The summed E-state index contributed by atoms with van der Waals surface area (Å²) in [6.45, 7) is 0.451. The fraction of sp³-hybridized carbons (Fsp3) is 0.167. The molecule has 3 aromatic rings. The first-order valence-electron chi connectivity index (χ1n) is 8.10. The van der Waals surface area contributed by atoms with Crippen LogP contribution in [0.25, 0.3) is 0 Å². The molecule has 0 bridgehead atoms. The Kier molecular flexibility index (Phi) is 6.31. The molecule has 0 atom stereocenters. The van der Waals surface area contributed by atoms with Crippen molar-refractivity contribution < 1.29 is 9.18 Å². The predicted octanol–water partition coefficient (Wildman–Crippen LogP) is 3.34. The molecule has 6 nitrogen and oxygen atoms in total. The number of benzene rings is 2. The van der Waals surface area contributed by atoms with Crippen LogP contribution in [0.3, 0.4) is 0 Å². The van der Waals surface area contributed by atoms with E-state index in [-0.39, 0.29) is 22.4 Å². The average molecular weight is 407 g/mol. The molecule has 0 unspecified atom stereocenters. The van der Waals surface area contributed by atoms with Gasteiger partial charge in [0.05, 0.1) is 16.5 Å². The summed E-state index contributed by atoms with van der Waals surface area (Å²) < 4.78 is 14.5. The van der Waals surface area contributed by atoms with Gasteiger partial charge in [0.15, 0.2) is 5.16 Å². The number of rotatable bonds is 7. The Morgan fingerprint density at radius 3 is 2.78 bits per heavy atom. The summed E-state index contributed by atoms with van der Waals surface area (Å²) in [5.74, 6) is -0.784. The van der Waals surface area contributed by atoms with Gasteiger partial charge in [-0.3, -0.25) is 9.36 Å². The highest BCUT2D eigenvalue weighted by atomic mass is 35.5. The zero-order valence-electron chi connectivity index (χ0n) is 14.1. The maximum absolute atomic E-state index is 13.1. The number of nitrogens with one attached hydrogen (secondary N) is 2. The molecule has 9 heteroatoms. The van der Waals surface area contributed by atoms with Crippen molar-refractivity contribution in [1.82, 2.24) is 14.8 Å². The lowest BCUT2D eigenvalue weighted by Gasteiger charge is -2.08. The van der Waals surface area contributed by atoms with Crippen LogP contribution in [0.1, 0.15) is 5.56 Å². The van der Waals surface area contributed by atoms with Crippen LogP contribution in [-0.4, -0.2) is 26.4 Å². The lowest BCUT2D eigenvalue weighted by atomic mass is 10.1. The maximum atomic E-state index is 13.1. The molecule has 1 heterocycles. The predicted molar refractivity (Wildman–Crippen MR) is 104 cm³/mol. The van der Waals surface area contributed by atoms with Crippen molar-refractivity contribution in [3.05, 3.63) is 75.4 Å². The fourth-order valence-corrected chi connectivity index (χ4v) is 3.39. The summed E-state index contributed by atoms with van der Waals surface area (Å²) in [5, 5.41) is 9.53. The molecule has 140 valence electrons. The van der Waals surface area contributed by atoms with E-state index in [0.29, 0.717) is 23.8 Å². The monoisotopic (exact) mass is 406 g/mol. The molecule has 0 fully saturated rings. The van der Waals surface area contributed by atoms with Crippen molar-refractivity contribution in [2.24, 2.45) is 0 Å². The van der Waals surface area contributed by atoms with E-state index in [2.05, 4.69) is 15.5 Å². The number of H-pyrrole nitrogens is 1. The Morgan fingerprint density at radius 1 is 1.26 bits per heavy atom. The number of aromatic amines is 1. The number of aryl methyl sites for hydroxylation is 1. The Labute approximate surface area is 163 Å². The van der Waals surface area contributed by atoms with Gasteiger partial charge in [-0.1, -0.05) is 53.7 Å². The largest absolute Gasteiger partial charge is 0.343 e. The fourth-order valence-electron chi connectivity index (χ4n) is 2.40. The average Bonchev–Trinajstić information content (AvgIpc) is 3.01. The van der Waals surface area contributed by atoms with Gasteiger partial charge in [0, 0.05) is 6.54 Å². The second-order valence-corrected chi connectivity index (χ2v) is 7.01. The zero-order valence-corrected chi connectivity index (χ0v) is 15.7. The van der Waals surface area contributed by atoms with Gasteiger partial charge in [0.1, 0.15) is 5.82 Å². The summed E-state index contributed by atoms with van der Waals surface area (Å²) in [6, 6.07) is 13.5. The van der Waals surface area contributed by atoms with Crippen LogP contribution in [0.4, 0.5) is 10.1 Å². The highest BCUT2D eigenvalue weighted by Gasteiger charge is 2.13. The number of carbonyl (C=O) groups is 1. The summed E-state index contributed by atoms with van der Waals surface area (Å²) in [4.78, 5) is 24.1. The highest BCUT2D eigenvalue weighted by molar-refractivity contribution is 7.99. The van der Waals surface area contributed by atoms with Crippen LogP contribution in [0.2, 0.25) is 5.02 Å². The SMILES string of the molecule is O=C(CSc1n[nH]c(=O)n1CCc1ccccc1)Nc1ccc(F)cc1Cl. The van der Waals surface area contributed by atoms with Crippen molar-refractivity contribution in [1.29, 1.82) is 0 Å². The zero-order chi connectivity index (χ0) is 19.2. The summed E-state index contributed by atoms with van der Waals surface area (Å²) in [5.41, 5.74) is 1.10. The number of halogens is 2. The third-order valence-electron chi connectivity index (χ3n) is 3.73. The highest BCUT2D eigenvalue weighted by Crippen LogP contribution is 2.23. The van der Waals surface area contributed by atoms with Gasteiger partial charge in [-0.15, -0.1) is 5.10 Å². The molecule has 0 spiro atoms. The number of thioether (sulfide) groups is 1. The molecular weight excluding hydrogens is 391 g/mol. The maximum Gasteiger partial charge on any atom is 0.343 e. The third kappa shape index (κ3) is 5.21. The number of carbonyl (C=O) groups excluding carboxylic acids is 1. The van der Waals surface area contributed by atoms with Crippen LogP contribution in [-0.2, 0) is 17.8 Å². The first kappa shape index (κ1) is 19.2. The Balaban J connectivity index is 1.59. The van der Waals surface area contributed by atoms with E-state index >= 15 is 0 Å². The number of nitrogens with zero attached hydrogens (tertiary/aromatic N) is 2. The molecule has 0 radical (unpaired) electrons. The smallest absolute Gasteiger partial charge is 0.324 e. The molecule has 27 heavy (non-hydrogen) atoms. The summed E-state index contributed by atoms with van der Waals surface area (Å²) in [7, 11) is 0. The quantitative estimate of drug-likeness (QED) is 0.590.